The lowest BCUT2D eigenvalue weighted by molar-refractivity contribution is 0.411. The van der Waals surface area contributed by atoms with Crippen molar-refractivity contribution >= 4 is 29.2 Å². The Hall–Kier alpha value is -0.480. The maximum atomic E-state index is 6.15. The summed E-state index contributed by atoms with van der Waals surface area (Å²) < 4.78 is 0.345. The minimum atomic E-state index is -0.0939. The van der Waals surface area contributed by atoms with Crippen LogP contribution in [0.25, 0.3) is 0 Å². The monoisotopic (exact) mass is 327 g/mol. The predicted molar refractivity (Wildman–Crippen MR) is 93.6 cm³/mol. The van der Waals surface area contributed by atoms with Gasteiger partial charge in [0.2, 0.25) is 0 Å². The highest BCUT2D eigenvalue weighted by atomic mass is 35.5. The zero-order valence-electron chi connectivity index (χ0n) is 13.5. The number of nitrogens with one attached hydrogen (secondary N) is 1. The standard InChI is InChI=1S/C16H26ClN3S/c1-15(2,3)14-19-12(17)10-13(20-14)18-11-16(21-4)8-6-5-7-9-16/h10H,5-9,11H2,1-4H3,(H,18,19,20). The van der Waals surface area contributed by atoms with Gasteiger partial charge in [-0.15, -0.1) is 0 Å². The van der Waals surface area contributed by atoms with Crippen molar-refractivity contribution in [3.8, 4) is 0 Å². The van der Waals surface area contributed by atoms with Gasteiger partial charge in [-0.05, 0) is 19.1 Å². The van der Waals surface area contributed by atoms with Crippen molar-refractivity contribution in [2.24, 2.45) is 0 Å². The Balaban J connectivity index is 2.10. The average Bonchev–Trinajstić information content (AvgIpc) is 2.45. The van der Waals surface area contributed by atoms with Crippen LogP contribution in [0.3, 0.4) is 0 Å². The van der Waals surface area contributed by atoms with E-state index < -0.39 is 0 Å². The fourth-order valence-corrected chi connectivity index (χ4v) is 3.84. The molecule has 0 aliphatic heterocycles. The maximum absolute atomic E-state index is 6.15. The first-order valence-electron chi connectivity index (χ1n) is 7.69. The number of hydrogen-bond acceptors (Lipinski definition) is 4. The highest BCUT2D eigenvalue weighted by molar-refractivity contribution is 8.00. The quantitative estimate of drug-likeness (QED) is 0.798. The highest BCUT2D eigenvalue weighted by Crippen LogP contribution is 2.38. The molecule has 1 aromatic rings. The van der Waals surface area contributed by atoms with Gasteiger partial charge in [-0.25, -0.2) is 9.97 Å². The van der Waals surface area contributed by atoms with Gasteiger partial charge in [0.05, 0.1) is 0 Å². The van der Waals surface area contributed by atoms with Gasteiger partial charge < -0.3 is 5.32 Å². The van der Waals surface area contributed by atoms with Gasteiger partial charge in [0, 0.05) is 22.8 Å². The molecule has 0 radical (unpaired) electrons. The third-order valence-corrected chi connectivity index (χ3v) is 5.77. The molecule has 0 bridgehead atoms. The predicted octanol–water partition coefficient (Wildman–Crippen LogP) is 4.91. The molecule has 1 aromatic heterocycles. The highest BCUT2D eigenvalue weighted by Gasteiger charge is 2.31. The molecule has 0 aromatic carbocycles. The molecule has 0 unspecified atom stereocenters. The lowest BCUT2D eigenvalue weighted by Gasteiger charge is -2.36. The molecule has 118 valence electrons. The number of nitrogens with zero attached hydrogens (tertiary/aromatic N) is 2. The number of hydrogen-bond donors (Lipinski definition) is 1. The van der Waals surface area contributed by atoms with Gasteiger partial charge in [0.15, 0.2) is 0 Å². The van der Waals surface area contributed by atoms with Crippen molar-refractivity contribution in [3.05, 3.63) is 17.0 Å². The zero-order valence-corrected chi connectivity index (χ0v) is 15.1. The van der Waals surface area contributed by atoms with E-state index in [1.165, 1.54) is 32.1 Å². The van der Waals surface area contributed by atoms with E-state index in [1.54, 1.807) is 0 Å². The van der Waals surface area contributed by atoms with Crippen LogP contribution in [0.15, 0.2) is 6.07 Å². The van der Waals surface area contributed by atoms with Crippen molar-refractivity contribution in [1.29, 1.82) is 0 Å². The van der Waals surface area contributed by atoms with Crippen molar-refractivity contribution in [3.63, 3.8) is 0 Å². The first-order chi connectivity index (χ1) is 9.85. The molecule has 0 spiro atoms. The molecule has 1 saturated carbocycles. The summed E-state index contributed by atoms with van der Waals surface area (Å²) >= 11 is 8.14. The van der Waals surface area contributed by atoms with Gasteiger partial charge >= 0.3 is 0 Å². The molecule has 3 nitrogen and oxygen atoms in total. The molecule has 1 fully saturated rings. The maximum Gasteiger partial charge on any atom is 0.137 e. The van der Waals surface area contributed by atoms with E-state index in [2.05, 4.69) is 42.3 Å². The van der Waals surface area contributed by atoms with E-state index in [0.29, 0.717) is 9.90 Å². The lowest BCUT2D eigenvalue weighted by atomic mass is 9.88. The van der Waals surface area contributed by atoms with E-state index in [1.807, 2.05) is 17.8 Å². The van der Waals surface area contributed by atoms with Gasteiger partial charge in [0.1, 0.15) is 16.8 Å². The molecule has 21 heavy (non-hydrogen) atoms. The minimum Gasteiger partial charge on any atom is -0.369 e. The number of rotatable bonds is 4. The van der Waals surface area contributed by atoms with Crippen LogP contribution in [0.4, 0.5) is 5.82 Å². The van der Waals surface area contributed by atoms with Crippen molar-refractivity contribution in [2.45, 2.75) is 63.0 Å². The molecule has 1 N–H and O–H groups in total. The Labute approximate surface area is 137 Å². The molecule has 1 aliphatic rings. The van der Waals surface area contributed by atoms with Gasteiger partial charge in [-0.1, -0.05) is 51.6 Å². The number of anilines is 1. The van der Waals surface area contributed by atoms with Crippen LogP contribution in [0.2, 0.25) is 5.15 Å². The molecule has 5 heteroatoms. The molecule has 0 atom stereocenters. The van der Waals surface area contributed by atoms with Crippen LogP contribution in [0, 0.1) is 0 Å². The minimum absolute atomic E-state index is 0.0939. The van der Waals surface area contributed by atoms with E-state index in [4.69, 9.17) is 11.6 Å². The number of halogens is 1. The summed E-state index contributed by atoms with van der Waals surface area (Å²) in [5.74, 6) is 1.64. The Morgan fingerprint density at radius 3 is 2.48 bits per heavy atom. The second-order valence-corrected chi connectivity index (χ2v) is 8.61. The van der Waals surface area contributed by atoms with Gasteiger partial charge in [-0.2, -0.15) is 11.8 Å². The summed E-state index contributed by atoms with van der Waals surface area (Å²) in [6.45, 7) is 7.26. The van der Waals surface area contributed by atoms with E-state index in [-0.39, 0.29) is 5.41 Å². The van der Waals surface area contributed by atoms with Crippen molar-refractivity contribution in [1.82, 2.24) is 9.97 Å². The van der Waals surface area contributed by atoms with Crippen LogP contribution in [-0.4, -0.2) is 27.5 Å². The Morgan fingerprint density at radius 2 is 1.90 bits per heavy atom. The molecular weight excluding hydrogens is 302 g/mol. The fraction of sp³-hybridized carbons (Fsp3) is 0.750. The molecular formula is C16H26ClN3S. The van der Waals surface area contributed by atoms with Crippen LogP contribution < -0.4 is 5.32 Å². The topological polar surface area (TPSA) is 37.8 Å². The third kappa shape index (κ3) is 4.49. The van der Waals surface area contributed by atoms with Crippen LogP contribution in [0.5, 0.6) is 0 Å². The summed E-state index contributed by atoms with van der Waals surface area (Å²) in [6, 6.07) is 1.83. The number of aromatic nitrogens is 2. The van der Waals surface area contributed by atoms with Crippen LogP contribution in [-0.2, 0) is 5.41 Å². The van der Waals surface area contributed by atoms with E-state index >= 15 is 0 Å². The summed E-state index contributed by atoms with van der Waals surface area (Å²) in [7, 11) is 0. The largest absolute Gasteiger partial charge is 0.369 e. The fourth-order valence-electron chi connectivity index (χ4n) is 2.74. The number of thioether (sulfide) groups is 1. The Bertz CT molecular complexity index is 479. The van der Waals surface area contributed by atoms with E-state index in [9.17, 15) is 0 Å². The van der Waals surface area contributed by atoms with Crippen molar-refractivity contribution < 1.29 is 0 Å². The first-order valence-corrected chi connectivity index (χ1v) is 9.29. The average molecular weight is 328 g/mol. The summed E-state index contributed by atoms with van der Waals surface area (Å²) in [4.78, 5) is 8.99. The summed E-state index contributed by atoms with van der Waals surface area (Å²) in [5.41, 5.74) is -0.0939. The van der Waals surface area contributed by atoms with Gasteiger partial charge in [0.25, 0.3) is 0 Å². The lowest BCUT2D eigenvalue weighted by Crippen LogP contribution is -2.35. The Kier molecular flexibility index (Phi) is 5.42. The molecule has 2 rings (SSSR count). The zero-order chi connectivity index (χ0) is 15.5. The third-order valence-electron chi connectivity index (χ3n) is 4.16. The van der Waals surface area contributed by atoms with Crippen molar-refractivity contribution in [2.75, 3.05) is 18.1 Å². The SMILES string of the molecule is CSC1(CNc2cc(Cl)nc(C(C)(C)C)n2)CCCCC1. The summed E-state index contributed by atoms with van der Waals surface area (Å²) in [5, 5.41) is 4.02. The van der Waals surface area contributed by atoms with Crippen LogP contribution >= 0.6 is 23.4 Å². The van der Waals surface area contributed by atoms with Gasteiger partial charge in [-0.3, -0.25) is 0 Å². The normalized spacial score (nSPS) is 18.5. The Morgan fingerprint density at radius 1 is 1.24 bits per heavy atom. The van der Waals surface area contributed by atoms with Crippen LogP contribution in [0.1, 0.15) is 58.7 Å². The molecule has 0 amide bonds. The molecule has 1 aliphatic carbocycles. The molecule has 1 heterocycles. The van der Waals surface area contributed by atoms with E-state index in [0.717, 1.165) is 18.2 Å². The summed E-state index contributed by atoms with van der Waals surface area (Å²) in [6.07, 6.45) is 8.83. The second kappa shape index (κ2) is 6.74. The second-order valence-electron chi connectivity index (χ2n) is 6.95. The first kappa shape index (κ1) is 16.9. The molecule has 0 saturated heterocycles. The smallest absolute Gasteiger partial charge is 0.137 e.